The van der Waals surface area contributed by atoms with Crippen molar-refractivity contribution in [3.63, 3.8) is 0 Å². The first-order chi connectivity index (χ1) is 18.2. The average Bonchev–Trinajstić information content (AvgIpc) is 3.12. The van der Waals surface area contributed by atoms with Crippen molar-refractivity contribution in [2.75, 3.05) is 12.4 Å². The van der Waals surface area contributed by atoms with Crippen LogP contribution in [0.5, 0.6) is 5.75 Å². The van der Waals surface area contributed by atoms with Gasteiger partial charge in [-0.05, 0) is 116 Å². The summed E-state index contributed by atoms with van der Waals surface area (Å²) in [6, 6.07) is 10.5. The summed E-state index contributed by atoms with van der Waals surface area (Å²) in [6.45, 7) is 0. The Kier molecular flexibility index (Phi) is 6.87. The lowest BCUT2D eigenvalue weighted by molar-refractivity contribution is -0.123. The largest absolute Gasteiger partial charge is 0.496 e. The Morgan fingerprint density at radius 1 is 1.08 bits per heavy atom. The maximum atomic E-state index is 13.2. The predicted octanol–water partition coefficient (Wildman–Crippen LogP) is 7.41. The molecule has 0 aromatic heterocycles. The summed E-state index contributed by atoms with van der Waals surface area (Å²) in [6.07, 6.45) is 9.74. The van der Waals surface area contributed by atoms with Gasteiger partial charge in [-0.25, -0.2) is 10.2 Å². The van der Waals surface area contributed by atoms with E-state index in [0.717, 1.165) is 40.1 Å². The SMILES string of the molecule is COc1ccc(C23CC4CC(CC(C4)C2)C3)cc1/C=C1/SC(=S)N(NC(=O)Nc2ccc(Cl)c(Cl)c2)C1=O. The van der Waals surface area contributed by atoms with Crippen LogP contribution in [0.3, 0.4) is 0 Å². The standard InChI is InChI=1S/C28H27Cl2N3O3S2/c1-36-23-5-2-19(28-12-15-6-16(13-28)8-17(7-15)14-28)9-18(23)10-24-25(34)33(27(37)38-24)32-26(35)31-20-3-4-21(29)22(30)11-20/h2-5,9-11,15-17H,6-8,12-14H2,1H3,(H2,31,32,35)/b24-10+. The number of nitrogens with zero attached hydrogens (tertiary/aromatic N) is 1. The van der Waals surface area contributed by atoms with Gasteiger partial charge in [-0.15, -0.1) is 0 Å². The second kappa shape index (κ2) is 10.0. The third kappa shape index (κ3) is 4.81. The van der Waals surface area contributed by atoms with Crippen molar-refractivity contribution in [1.29, 1.82) is 0 Å². The summed E-state index contributed by atoms with van der Waals surface area (Å²) in [5.41, 5.74) is 5.39. The maximum absolute atomic E-state index is 13.2. The molecule has 4 bridgehead atoms. The molecule has 198 valence electrons. The molecule has 6 nitrogen and oxygen atoms in total. The minimum absolute atomic E-state index is 0.229. The normalized spacial score (nSPS) is 28.8. The molecule has 5 fully saturated rings. The Labute approximate surface area is 241 Å². The van der Waals surface area contributed by atoms with Gasteiger partial charge in [0, 0.05) is 11.3 Å². The van der Waals surface area contributed by atoms with Gasteiger partial charge in [0.15, 0.2) is 4.32 Å². The van der Waals surface area contributed by atoms with Crippen LogP contribution in [0.25, 0.3) is 6.08 Å². The molecule has 3 amide bonds. The fourth-order valence-electron chi connectivity index (χ4n) is 7.18. The molecule has 4 aliphatic carbocycles. The highest BCUT2D eigenvalue weighted by Crippen LogP contribution is 2.61. The first-order valence-electron chi connectivity index (χ1n) is 12.7. The van der Waals surface area contributed by atoms with E-state index >= 15 is 0 Å². The van der Waals surface area contributed by atoms with E-state index in [9.17, 15) is 9.59 Å². The molecule has 2 aromatic carbocycles. The smallest absolute Gasteiger partial charge is 0.338 e. The van der Waals surface area contributed by atoms with Gasteiger partial charge in [-0.1, -0.05) is 41.0 Å². The van der Waals surface area contributed by atoms with Gasteiger partial charge in [0.05, 0.1) is 22.1 Å². The summed E-state index contributed by atoms with van der Waals surface area (Å²) in [7, 11) is 1.64. The number of carbonyl (C=O) groups excluding carboxylic acids is 2. The van der Waals surface area contributed by atoms with Crippen molar-refractivity contribution in [2.45, 2.75) is 43.9 Å². The highest BCUT2D eigenvalue weighted by atomic mass is 35.5. The fraction of sp³-hybridized carbons (Fsp3) is 0.393. The number of hydrazine groups is 1. The summed E-state index contributed by atoms with van der Waals surface area (Å²) in [4.78, 5) is 26.2. The first-order valence-corrected chi connectivity index (χ1v) is 14.7. The van der Waals surface area contributed by atoms with Crippen LogP contribution in [-0.2, 0) is 10.2 Å². The second-order valence-corrected chi connectivity index (χ2v) is 13.4. The number of urea groups is 1. The number of rotatable bonds is 5. The van der Waals surface area contributed by atoms with Crippen molar-refractivity contribution in [3.8, 4) is 5.75 Å². The van der Waals surface area contributed by atoms with E-state index in [0.29, 0.717) is 26.4 Å². The van der Waals surface area contributed by atoms with Crippen molar-refractivity contribution < 1.29 is 14.3 Å². The predicted molar refractivity (Wildman–Crippen MR) is 156 cm³/mol. The Bertz CT molecular complexity index is 1340. The second-order valence-electron chi connectivity index (χ2n) is 10.9. The Hall–Kier alpha value is -2.26. The molecule has 0 spiro atoms. The Morgan fingerprint density at radius 2 is 1.76 bits per heavy atom. The van der Waals surface area contributed by atoms with Crippen LogP contribution in [-0.4, -0.2) is 28.4 Å². The molecule has 1 saturated heterocycles. The van der Waals surface area contributed by atoms with Gasteiger partial charge in [0.1, 0.15) is 5.75 Å². The van der Waals surface area contributed by atoms with Crippen LogP contribution >= 0.6 is 47.2 Å². The average molecular weight is 589 g/mol. The quantitative estimate of drug-likeness (QED) is 0.281. The van der Waals surface area contributed by atoms with E-state index in [2.05, 4.69) is 22.9 Å². The number of ether oxygens (including phenoxy) is 1. The van der Waals surface area contributed by atoms with E-state index < -0.39 is 11.9 Å². The molecule has 1 aliphatic heterocycles. The summed E-state index contributed by atoms with van der Waals surface area (Å²) in [5.74, 6) is 2.82. The number of methoxy groups -OCH3 is 1. The van der Waals surface area contributed by atoms with Gasteiger partial charge in [-0.3, -0.25) is 4.79 Å². The summed E-state index contributed by atoms with van der Waals surface area (Å²) in [5, 5.41) is 4.40. The molecule has 0 unspecified atom stereocenters. The lowest BCUT2D eigenvalue weighted by Gasteiger charge is -2.57. The number of hydrogen-bond donors (Lipinski definition) is 2. The molecule has 7 rings (SSSR count). The molecule has 1 heterocycles. The summed E-state index contributed by atoms with van der Waals surface area (Å²) < 4.78 is 5.89. The van der Waals surface area contributed by atoms with Crippen molar-refractivity contribution >= 4 is 75.2 Å². The number of anilines is 1. The number of benzene rings is 2. The number of thiocarbonyl (C=S) groups is 1. The topological polar surface area (TPSA) is 70.7 Å². The number of amides is 3. The minimum Gasteiger partial charge on any atom is -0.496 e. The van der Waals surface area contributed by atoms with E-state index in [1.54, 1.807) is 19.2 Å². The molecular weight excluding hydrogens is 561 g/mol. The molecule has 2 aromatic rings. The zero-order valence-electron chi connectivity index (χ0n) is 20.8. The number of halogens is 2. The molecule has 4 saturated carbocycles. The highest BCUT2D eigenvalue weighted by Gasteiger charge is 2.51. The van der Waals surface area contributed by atoms with Gasteiger partial charge >= 0.3 is 6.03 Å². The number of nitrogens with one attached hydrogen (secondary N) is 2. The lowest BCUT2D eigenvalue weighted by atomic mass is 9.48. The number of carbonyl (C=O) groups is 2. The Balaban J connectivity index is 1.22. The number of thioether (sulfide) groups is 1. The van der Waals surface area contributed by atoms with E-state index in [1.165, 1.54) is 50.2 Å². The van der Waals surface area contributed by atoms with Crippen molar-refractivity contribution in [2.24, 2.45) is 17.8 Å². The van der Waals surface area contributed by atoms with Crippen LogP contribution in [0.2, 0.25) is 10.0 Å². The minimum atomic E-state index is -0.623. The van der Waals surface area contributed by atoms with Crippen LogP contribution in [0.4, 0.5) is 10.5 Å². The third-order valence-electron chi connectivity index (χ3n) is 8.35. The zero-order chi connectivity index (χ0) is 26.6. The van der Waals surface area contributed by atoms with E-state index in [4.69, 9.17) is 40.2 Å². The molecule has 5 aliphatic rings. The van der Waals surface area contributed by atoms with Gasteiger partial charge < -0.3 is 10.1 Å². The van der Waals surface area contributed by atoms with Crippen LogP contribution in [0, 0.1) is 17.8 Å². The van der Waals surface area contributed by atoms with E-state index in [-0.39, 0.29) is 9.74 Å². The maximum Gasteiger partial charge on any atom is 0.338 e. The molecule has 0 atom stereocenters. The number of hydrogen-bond acceptors (Lipinski definition) is 5. The molecule has 2 N–H and O–H groups in total. The molecular formula is C28H27Cl2N3O3S2. The molecule has 10 heteroatoms. The summed E-state index contributed by atoms with van der Waals surface area (Å²) >= 11 is 18.5. The molecule has 0 radical (unpaired) electrons. The fourth-order valence-corrected chi connectivity index (χ4v) is 8.65. The Morgan fingerprint density at radius 3 is 2.39 bits per heavy atom. The van der Waals surface area contributed by atoms with Crippen LogP contribution < -0.4 is 15.5 Å². The van der Waals surface area contributed by atoms with Gasteiger partial charge in [0.25, 0.3) is 5.91 Å². The van der Waals surface area contributed by atoms with Gasteiger partial charge in [-0.2, -0.15) is 5.01 Å². The lowest BCUT2D eigenvalue weighted by Crippen LogP contribution is -2.48. The van der Waals surface area contributed by atoms with Crippen molar-refractivity contribution in [1.82, 2.24) is 10.4 Å². The van der Waals surface area contributed by atoms with Crippen LogP contribution in [0.1, 0.15) is 49.7 Å². The first kappa shape index (κ1) is 26.0. The highest BCUT2D eigenvalue weighted by molar-refractivity contribution is 8.26. The van der Waals surface area contributed by atoms with Crippen molar-refractivity contribution in [3.05, 3.63) is 62.5 Å². The third-order valence-corrected chi connectivity index (χ3v) is 10.4. The zero-order valence-corrected chi connectivity index (χ0v) is 23.9. The van der Waals surface area contributed by atoms with E-state index in [1.807, 2.05) is 12.1 Å². The monoisotopic (exact) mass is 587 g/mol. The van der Waals surface area contributed by atoms with Crippen LogP contribution in [0.15, 0.2) is 41.3 Å². The molecule has 38 heavy (non-hydrogen) atoms. The van der Waals surface area contributed by atoms with Gasteiger partial charge in [0.2, 0.25) is 0 Å².